The summed E-state index contributed by atoms with van der Waals surface area (Å²) in [4.78, 5) is 25.6. The quantitative estimate of drug-likeness (QED) is 0.248. The topological polar surface area (TPSA) is 114 Å². The molecule has 1 fully saturated rings. The molecule has 2 aromatic carbocycles. The molecule has 5 aromatic rings. The molecule has 0 radical (unpaired) electrons. The molecule has 8 nitrogen and oxygen atoms in total. The molecular formula is C30H31N7O. The van der Waals surface area contributed by atoms with Crippen LogP contribution in [0.4, 0.5) is 5.69 Å². The van der Waals surface area contributed by atoms with Crippen molar-refractivity contribution in [2.24, 2.45) is 5.73 Å². The second-order valence-corrected chi connectivity index (χ2v) is 9.93. The van der Waals surface area contributed by atoms with Gasteiger partial charge in [-0.1, -0.05) is 42.5 Å². The lowest BCUT2D eigenvalue weighted by Crippen LogP contribution is -2.33. The minimum Gasteiger partial charge on any atom is -0.381 e. The van der Waals surface area contributed by atoms with Crippen LogP contribution in [0.5, 0.6) is 0 Å². The summed E-state index contributed by atoms with van der Waals surface area (Å²) in [6.45, 7) is 0.418. The van der Waals surface area contributed by atoms with E-state index >= 15 is 0 Å². The number of rotatable bonds is 7. The number of aromatic amines is 1. The van der Waals surface area contributed by atoms with E-state index in [-0.39, 0.29) is 18.0 Å². The van der Waals surface area contributed by atoms with Gasteiger partial charge in [0, 0.05) is 54.0 Å². The predicted octanol–water partition coefficient (Wildman–Crippen LogP) is 5.03. The van der Waals surface area contributed by atoms with E-state index in [0.717, 1.165) is 64.9 Å². The SMILES string of the molecule is NC1CCC(Nc2c(C(=O)NCc3ccc(-n4ccnc4)cc3)cnc3[nH]c(-c4ccccc4)cc23)CC1. The van der Waals surface area contributed by atoms with Crippen LogP contribution in [0.2, 0.25) is 0 Å². The van der Waals surface area contributed by atoms with Crippen molar-refractivity contribution in [1.82, 2.24) is 24.8 Å². The molecule has 3 heterocycles. The molecule has 1 saturated carbocycles. The molecule has 38 heavy (non-hydrogen) atoms. The van der Waals surface area contributed by atoms with Crippen LogP contribution in [0.3, 0.4) is 0 Å². The van der Waals surface area contributed by atoms with Gasteiger partial charge >= 0.3 is 0 Å². The summed E-state index contributed by atoms with van der Waals surface area (Å²) in [7, 11) is 0. The van der Waals surface area contributed by atoms with E-state index in [1.165, 1.54) is 0 Å². The number of hydrogen-bond acceptors (Lipinski definition) is 5. The van der Waals surface area contributed by atoms with Gasteiger partial charge in [-0.3, -0.25) is 4.79 Å². The lowest BCUT2D eigenvalue weighted by atomic mass is 9.91. The smallest absolute Gasteiger partial charge is 0.255 e. The number of aromatic nitrogens is 4. The fourth-order valence-corrected chi connectivity index (χ4v) is 5.12. The fraction of sp³-hybridized carbons (Fsp3) is 0.233. The summed E-state index contributed by atoms with van der Waals surface area (Å²) in [5.41, 5.74) is 12.3. The molecule has 0 saturated heterocycles. The summed E-state index contributed by atoms with van der Waals surface area (Å²) < 4.78 is 1.94. The number of imidazole rings is 1. The number of H-pyrrole nitrogens is 1. The predicted molar refractivity (Wildman–Crippen MR) is 150 cm³/mol. The summed E-state index contributed by atoms with van der Waals surface area (Å²) in [5, 5.41) is 7.70. The Hall–Kier alpha value is -4.43. The zero-order chi connectivity index (χ0) is 25.9. The summed E-state index contributed by atoms with van der Waals surface area (Å²) >= 11 is 0. The standard InChI is InChI=1S/C30H31N7O/c31-22-8-10-23(11-9-22)35-28-25-16-27(21-4-2-1-3-5-21)36-29(25)33-18-26(28)30(38)34-17-20-6-12-24(13-7-20)37-15-14-32-19-37/h1-7,12-16,18-19,22-23H,8-11,17,31H2,(H,34,38)(H2,33,35,36). The molecule has 1 aliphatic carbocycles. The maximum atomic E-state index is 13.5. The van der Waals surface area contributed by atoms with E-state index in [2.05, 4.69) is 43.8 Å². The molecule has 6 rings (SSSR count). The van der Waals surface area contributed by atoms with Crippen molar-refractivity contribution in [3.63, 3.8) is 0 Å². The molecule has 1 aliphatic rings. The first-order valence-electron chi connectivity index (χ1n) is 13.1. The maximum Gasteiger partial charge on any atom is 0.255 e. The van der Waals surface area contributed by atoms with Crippen LogP contribution in [0.1, 0.15) is 41.6 Å². The number of hydrogen-bond donors (Lipinski definition) is 4. The minimum atomic E-state index is -0.157. The van der Waals surface area contributed by atoms with Crippen LogP contribution in [0.25, 0.3) is 28.0 Å². The minimum absolute atomic E-state index is 0.157. The van der Waals surface area contributed by atoms with Gasteiger partial charge in [-0.05, 0) is 55.0 Å². The Morgan fingerprint density at radius 2 is 1.84 bits per heavy atom. The van der Waals surface area contributed by atoms with Gasteiger partial charge in [0.15, 0.2) is 0 Å². The van der Waals surface area contributed by atoms with E-state index in [1.54, 1.807) is 18.7 Å². The van der Waals surface area contributed by atoms with Crippen molar-refractivity contribution in [3.05, 3.63) is 96.7 Å². The highest BCUT2D eigenvalue weighted by molar-refractivity contribution is 6.07. The summed E-state index contributed by atoms with van der Waals surface area (Å²) in [5.74, 6) is -0.157. The van der Waals surface area contributed by atoms with Crippen LogP contribution in [-0.4, -0.2) is 37.5 Å². The van der Waals surface area contributed by atoms with E-state index in [9.17, 15) is 4.79 Å². The van der Waals surface area contributed by atoms with Gasteiger partial charge in [0.05, 0.1) is 17.6 Å². The summed E-state index contributed by atoms with van der Waals surface area (Å²) in [6, 6.07) is 20.8. The van der Waals surface area contributed by atoms with Crippen molar-refractivity contribution < 1.29 is 4.79 Å². The number of carbonyl (C=O) groups is 1. The highest BCUT2D eigenvalue weighted by Gasteiger charge is 2.23. The Balaban J connectivity index is 1.27. The third kappa shape index (κ3) is 5.03. The van der Waals surface area contributed by atoms with Crippen LogP contribution < -0.4 is 16.4 Å². The van der Waals surface area contributed by atoms with Gasteiger partial charge in [0.25, 0.3) is 5.91 Å². The number of anilines is 1. The largest absolute Gasteiger partial charge is 0.381 e. The number of nitrogens with one attached hydrogen (secondary N) is 3. The molecule has 0 spiro atoms. The number of fused-ring (bicyclic) bond motifs is 1. The molecule has 8 heteroatoms. The second kappa shape index (κ2) is 10.5. The average molecular weight is 506 g/mol. The molecule has 5 N–H and O–H groups in total. The lowest BCUT2D eigenvalue weighted by molar-refractivity contribution is 0.0951. The van der Waals surface area contributed by atoms with Gasteiger partial charge < -0.3 is 25.9 Å². The lowest BCUT2D eigenvalue weighted by Gasteiger charge is -2.28. The van der Waals surface area contributed by atoms with Crippen molar-refractivity contribution in [2.75, 3.05) is 5.32 Å². The number of benzene rings is 2. The van der Waals surface area contributed by atoms with E-state index in [4.69, 9.17) is 5.73 Å². The Morgan fingerprint density at radius 1 is 1.05 bits per heavy atom. The number of nitrogens with two attached hydrogens (primary N) is 1. The monoisotopic (exact) mass is 505 g/mol. The first kappa shape index (κ1) is 23.9. The van der Waals surface area contributed by atoms with Crippen molar-refractivity contribution >= 4 is 22.6 Å². The van der Waals surface area contributed by atoms with Gasteiger partial charge in [0.2, 0.25) is 0 Å². The number of amides is 1. The molecule has 3 aromatic heterocycles. The van der Waals surface area contributed by atoms with Crippen LogP contribution >= 0.6 is 0 Å². The molecular weight excluding hydrogens is 474 g/mol. The van der Waals surface area contributed by atoms with Crippen LogP contribution in [0.15, 0.2) is 85.6 Å². The highest BCUT2D eigenvalue weighted by atomic mass is 16.1. The molecule has 1 amide bonds. The first-order chi connectivity index (χ1) is 18.6. The third-order valence-electron chi connectivity index (χ3n) is 7.30. The number of nitrogens with zero attached hydrogens (tertiary/aromatic N) is 3. The van der Waals surface area contributed by atoms with Crippen LogP contribution in [-0.2, 0) is 6.54 Å². The first-order valence-corrected chi connectivity index (χ1v) is 13.1. The number of pyridine rings is 1. The zero-order valence-corrected chi connectivity index (χ0v) is 21.1. The Morgan fingerprint density at radius 3 is 2.58 bits per heavy atom. The van der Waals surface area contributed by atoms with Crippen LogP contribution in [0, 0.1) is 0 Å². The Kier molecular flexibility index (Phi) is 6.62. The second-order valence-electron chi connectivity index (χ2n) is 9.93. The van der Waals surface area contributed by atoms with Gasteiger partial charge in [0.1, 0.15) is 5.65 Å². The maximum absolute atomic E-state index is 13.5. The van der Waals surface area contributed by atoms with Crippen molar-refractivity contribution in [3.8, 4) is 16.9 Å². The zero-order valence-electron chi connectivity index (χ0n) is 21.1. The fourth-order valence-electron chi connectivity index (χ4n) is 5.12. The van der Waals surface area contributed by atoms with Gasteiger partial charge in [-0.2, -0.15) is 0 Å². The molecule has 0 bridgehead atoms. The van der Waals surface area contributed by atoms with Crippen molar-refractivity contribution in [1.29, 1.82) is 0 Å². The van der Waals surface area contributed by atoms with E-state index < -0.39 is 0 Å². The average Bonchev–Trinajstić information content (AvgIpc) is 3.65. The highest BCUT2D eigenvalue weighted by Crippen LogP contribution is 2.33. The Bertz CT molecular complexity index is 1520. The van der Waals surface area contributed by atoms with Gasteiger partial charge in [-0.25, -0.2) is 9.97 Å². The van der Waals surface area contributed by atoms with Gasteiger partial charge in [-0.15, -0.1) is 0 Å². The molecule has 192 valence electrons. The Labute approximate surface area is 221 Å². The molecule has 0 atom stereocenters. The number of carbonyl (C=O) groups excluding carboxylic acids is 1. The van der Waals surface area contributed by atoms with E-state index in [1.807, 2.05) is 53.2 Å². The molecule has 0 aliphatic heterocycles. The third-order valence-corrected chi connectivity index (χ3v) is 7.30. The normalized spacial score (nSPS) is 17.4. The van der Waals surface area contributed by atoms with E-state index in [0.29, 0.717) is 12.1 Å². The molecule has 0 unspecified atom stereocenters. The summed E-state index contributed by atoms with van der Waals surface area (Å²) in [6.07, 6.45) is 11.0. The van der Waals surface area contributed by atoms with Crippen molar-refractivity contribution in [2.45, 2.75) is 44.3 Å².